The molecular formula is C24H25N5O. The molecule has 2 aromatic carbocycles. The molecule has 1 N–H and O–H groups in total. The minimum absolute atomic E-state index is 0.00582. The number of benzene rings is 2. The van der Waals surface area contributed by atoms with Gasteiger partial charge >= 0.3 is 6.03 Å². The summed E-state index contributed by atoms with van der Waals surface area (Å²) < 4.78 is 4.39. The molecule has 5 rings (SSSR count). The van der Waals surface area contributed by atoms with Gasteiger partial charge in [0, 0.05) is 49.8 Å². The van der Waals surface area contributed by atoms with Crippen LogP contribution in [0, 0.1) is 0 Å². The van der Waals surface area contributed by atoms with Crippen molar-refractivity contribution < 1.29 is 4.79 Å². The summed E-state index contributed by atoms with van der Waals surface area (Å²) in [5.41, 5.74) is 4.75. The summed E-state index contributed by atoms with van der Waals surface area (Å²) in [5, 5.41) is 4.35. The molecule has 0 radical (unpaired) electrons. The molecular weight excluding hydrogens is 374 g/mol. The van der Waals surface area contributed by atoms with Crippen molar-refractivity contribution >= 4 is 16.9 Å². The number of para-hydroxylation sites is 1. The lowest BCUT2D eigenvalue weighted by Gasteiger charge is -2.21. The van der Waals surface area contributed by atoms with Gasteiger partial charge in [0.05, 0.1) is 12.9 Å². The van der Waals surface area contributed by atoms with Gasteiger partial charge in [0.25, 0.3) is 0 Å². The van der Waals surface area contributed by atoms with E-state index in [1.165, 1.54) is 22.2 Å². The predicted molar refractivity (Wildman–Crippen MR) is 117 cm³/mol. The number of imidazole rings is 1. The lowest BCUT2D eigenvalue weighted by Crippen LogP contribution is -2.39. The van der Waals surface area contributed by atoms with Gasteiger partial charge in [0.2, 0.25) is 0 Å². The number of aromatic nitrogens is 3. The Bertz CT molecular complexity index is 1160. The van der Waals surface area contributed by atoms with Gasteiger partial charge in [-0.05, 0) is 35.1 Å². The molecule has 0 atom stereocenters. The van der Waals surface area contributed by atoms with E-state index in [0.717, 1.165) is 31.6 Å². The van der Waals surface area contributed by atoms with Crippen molar-refractivity contribution in [3.8, 4) is 0 Å². The molecule has 30 heavy (non-hydrogen) atoms. The molecule has 1 aliphatic rings. The highest BCUT2D eigenvalue weighted by molar-refractivity contribution is 5.81. The molecule has 3 heterocycles. The van der Waals surface area contributed by atoms with Crippen molar-refractivity contribution in [2.75, 3.05) is 6.54 Å². The molecule has 0 saturated heterocycles. The summed E-state index contributed by atoms with van der Waals surface area (Å²) in [6.07, 6.45) is 6.50. The largest absolute Gasteiger partial charge is 0.343 e. The Morgan fingerprint density at radius 2 is 1.93 bits per heavy atom. The Morgan fingerprint density at radius 3 is 2.83 bits per heavy atom. The lowest BCUT2D eigenvalue weighted by molar-refractivity contribution is 0.195. The van der Waals surface area contributed by atoms with E-state index < -0.39 is 0 Å². The molecule has 0 saturated carbocycles. The molecule has 0 unspecified atom stereocenters. The fraction of sp³-hybridized carbons (Fsp3) is 0.250. The Morgan fingerprint density at radius 1 is 1.03 bits per heavy atom. The zero-order chi connectivity index (χ0) is 20.3. The van der Waals surface area contributed by atoms with Crippen molar-refractivity contribution in [3.05, 3.63) is 90.1 Å². The number of nitrogens with zero attached hydrogens (tertiary/aromatic N) is 4. The second kappa shape index (κ2) is 8.06. The quantitative estimate of drug-likeness (QED) is 0.564. The SMILES string of the molecule is O=C(NCc1cccc(Cn2ccnc2)c1)N1CCCn2c(cc3ccccc32)C1. The van der Waals surface area contributed by atoms with Gasteiger partial charge in [0.1, 0.15) is 0 Å². The number of nitrogens with one attached hydrogen (secondary N) is 1. The number of amides is 2. The molecule has 6 heteroatoms. The molecule has 0 spiro atoms. The molecule has 152 valence electrons. The highest BCUT2D eigenvalue weighted by Gasteiger charge is 2.20. The van der Waals surface area contributed by atoms with Crippen molar-refractivity contribution in [3.63, 3.8) is 0 Å². The number of urea groups is 1. The Hall–Kier alpha value is -3.54. The van der Waals surface area contributed by atoms with Crippen molar-refractivity contribution in [2.45, 2.75) is 32.6 Å². The number of carbonyl (C=O) groups excluding carboxylic acids is 1. The molecule has 0 aliphatic carbocycles. The van der Waals surface area contributed by atoms with E-state index >= 15 is 0 Å². The van der Waals surface area contributed by atoms with Crippen LogP contribution in [0.15, 0.2) is 73.3 Å². The number of hydrogen-bond donors (Lipinski definition) is 1. The molecule has 4 aromatic rings. The van der Waals surface area contributed by atoms with E-state index in [4.69, 9.17) is 0 Å². The van der Waals surface area contributed by atoms with Crippen LogP contribution in [-0.2, 0) is 26.2 Å². The minimum atomic E-state index is -0.00582. The van der Waals surface area contributed by atoms with Crippen LogP contribution in [-0.4, -0.2) is 31.6 Å². The third-order valence-electron chi connectivity index (χ3n) is 5.71. The predicted octanol–water partition coefficient (Wildman–Crippen LogP) is 4.00. The third kappa shape index (κ3) is 3.81. The summed E-state index contributed by atoms with van der Waals surface area (Å²) in [7, 11) is 0. The Balaban J connectivity index is 1.24. The maximum absolute atomic E-state index is 12.9. The average Bonchev–Trinajstić information content (AvgIpc) is 3.34. The van der Waals surface area contributed by atoms with E-state index in [2.05, 4.69) is 63.4 Å². The second-order valence-electron chi connectivity index (χ2n) is 7.83. The summed E-state index contributed by atoms with van der Waals surface area (Å²) in [6.45, 7) is 3.65. The van der Waals surface area contributed by atoms with Crippen LogP contribution in [0.5, 0.6) is 0 Å². The summed E-state index contributed by atoms with van der Waals surface area (Å²) in [6, 6.07) is 19.0. The first-order valence-electron chi connectivity index (χ1n) is 10.4. The van der Waals surface area contributed by atoms with Crippen LogP contribution in [0.25, 0.3) is 10.9 Å². The summed E-state index contributed by atoms with van der Waals surface area (Å²) in [5.74, 6) is 0. The van der Waals surface area contributed by atoms with Crippen molar-refractivity contribution in [1.29, 1.82) is 0 Å². The van der Waals surface area contributed by atoms with Crippen LogP contribution < -0.4 is 5.32 Å². The second-order valence-corrected chi connectivity index (χ2v) is 7.83. The van der Waals surface area contributed by atoms with Crippen LogP contribution in [0.1, 0.15) is 23.2 Å². The van der Waals surface area contributed by atoms with E-state index in [9.17, 15) is 4.79 Å². The van der Waals surface area contributed by atoms with Gasteiger partial charge in [0.15, 0.2) is 0 Å². The highest BCUT2D eigenvalue weighted by Crippen LogP contribution is 2.23. The first kappa shape index (κ1) is 18.5. The topological polar surface area (TPSA) is 55.1 Å². The fourth-order valence-electron chi connectivity index (χ4n) is 4.25. The molecule has 0 bridgehead atoms. The maximum atomic E-state index is 12.9. The van der Waals surface area contributed by atoms with Gasteiger partial charge in [-0.3, -0.25) is 0 Å². The monoisotopic (exact) mass is 399 g/mol. The maximum Gasteiger partial charge on any atom is 0.318 e. The number of carbonyl (C=O) groups is 1. The molecule has 2 amide bonds. The minimum Gasteiger partial charge on any atom is -0.343 e. The van der Waals surface area contributed by atoms with E-state index in [-0.39, 0.29) is 6.03 Å². The molecule has 0 fully saturated rings. The number of hydrogen-bond acceptors (Lipinski definition) is 2. The van der Waals surface area contributed by atoms with Crippen LogP contribution in [0.3, 0.4) is 0 Å². The standard InChI is InChI=1S/C24H25N5O/c30-24(26-15-19-5-3-6-20(13-19)16-27-12-9-25-18-27)28-10-4-11-29-22(17-28)14-21-7-1-2-8-23(21)29/h1-3,5-9,12-14,18H,4,10-11,15-17H2,(H,26,30). The zero-order valence-corrected chi connectivity index (χ0v) is 16.9. The molecule has 6 nitrogen and oxygen atoms in total. The van der Waals surface area contributed by atoms with Gasteiger partial charge in [-0.25, -0.2) is 9.78 Å². The van der Waals surface area contributed by atoms with Gasteiger partial charge in [-0.2, -0.15) is 0 Å². The number of fused-ring (bicyclic) bond motifs is 3. The number of rotatable bonds is 4. The van der Waals surface area contributed by atoms with Crippen molar-refractivity contribution in [2.24, 2.45) is 0 Å². The average molecular weight is 399 g/mol. The van der Waals surface area contributed by atoms with E-state index in [1.807, 2.05) is 28.1 Å². The third-order valence-corrected chi connectivity index (χ3v) is 5.71. The lowest BCUT2D eigenvalue weighted by atomic mass is 10.1. The molecule has 1 aliphatic heterocycles. The van der Waals surface area contributed by atoms with Crippen LogP contribution in [0.4, 0.5) is 4.79 Å². The van der Waals surface area contributed by atoms with Gasteiger partial charge < -0.3 is 19.4 Å². The first-order chi connectivity index (χ1) is 14.8. The van der Waals surface area contributed by atoms with Crippen LogP contribution in [0.2, 0.25) is 0 Å². The van der Waals surface area contributed by atoms with Crippen molar-refractivity contribution in [1.82, 2.24) is 24.3 Å². The Labute approximate surface area is 175 Å². The number of aryl methyl sites for hydroxylation is 1. The Kier molecular flexibility index (Phi) is 4.97. The zero-order valence-electron chi connectivity index (χ0n) is 16.9. The van der Waals surface area contributed by atoms with Crippen LogP contribution >= 0.6 is 0 Å². The summed E-state index contributed by atoms with van der Waals surface area (Å²) >= 11 is 0. The molecule has 2 aromatic heterocycles. The highest BCUT2D eigenvalue weighted by atomic mass is 16.2. The first-order valence-corrected chi connectivity index (χ1v) is 10.4. The normalized spacial score (nSPS) is 13.8. The smallest absolute Gasteiger partial charge is 0.318 e. The van der Waals surface area contributed by atoms with Gasteiger partial charge in [-0.1, -0.05) is 42.5 Å². The fourth-order valence-corrected chi connectivity index (χ4v) is 4.25. The van der Waals surface area contributed by atoms with Gasteiger partial charge in [-0.15, -0.1) is 0 Å². The van der Waals surface area contributed by atoms with E-state index in [0.29, 0.717) is 13.1 Å². The van der Waals surface area contributed by atoms with E-state index in [1.54, 1.807) is 6.20 Å². The summed E-state index contributed by atoms with van der Waals surface area (Å²) in [4.78, 5) is 18.9.